The highest BCUT2D eigenvalue weighted by Gasteiger charge is 2.60. The third-order valence-electron chi connectivity index (χ3n) is 8.78. The number of nitrogens with one attached hydrogen (secondary N) is 2. The van der Waals surface area contributed by atoms with Crippen LogP contribution in [0.1, 0.15) is 29.5 Å². The Bertz CT molecular complexity index is 1770. The van der Waals surface area contributed by atoms with Crippen LogP contribution in [0.4, 0.5) is 29.3 Å². The monoisotopic (exact) mass is 664 g/mol. The number of benzene rings is 2. The van der Waals surface area contributed by atoms with E-state index in [0.717, 1.165) is 12.1 Å². The Morgan fingerprint density at radius 3 is 2.20 bits per heavy atom. The maximum Gasteiger partial charge on any atom is 0.418 e. The molecule has 8 N–H and O–H groups in total. The molecule has 12 nitrogen and oxygen atoms in total. The first kappa shape index (κ1) is 32.8. The zero-order valence-corrected chi connectivity index (χ0v) is 25.1. The van der Waals surface area contributed by atoms with Gasteiger partial charge in [-0.05, 0) is 49.8 Å². The summed E-state index contributed by atoms with van der Waals surface area (Å²) in [6.07, 6.45) is -6.38. The van der Waals surface area contributed by atoms with Gasteiger partial charge in [0.1, 0.15) is 22.8 Å². The predicted octanol–water partition coefficient (Wildman–Crippen LogP) is 3.70. The number of phenols is 1. The van der Waals surface area contributed by atoms with E-state index in [1.165, 1.54) is 31.1 Å². The first-order chi connectivity index (χ1) is 21.4. The quantitative estimate of drug-likeness (QED) is 0.144. The van der Waals surface area contributed by atoms with E-state index in [0.29, 0.717) is 6.07 Å². The number of aromatic hydroxyl groups is 1. The molecule has 2 aromatic carbocycles. The topological polar surface area (TPSA) is 203 Å². The number of primary amides is 1. The standard InChI is InChI=1S/C30H28ClF3N4O8/c1-9-11-5-7-14(37-29(46)36-13-6-4-10(31)8-12(13)30(32,33)34)22(39)16(11)24(41)18-15(9)23(40)17-19(25(18)42)26(43)20(28(35)45)27(44)21(17)38(2)3/h4-9,15,17,19,21,23,39-41,44H,1-3H3,(H2,35,45)(H2,36,37,46)/t9-,15?,17?,19?,21-,23-/m0/s1. The Labute approximate surface area is 263 Å². The molecule has 2 aromatic rings. The number of nitrogens with two attached hydrogens (primary N) is 1. The molecule has 0 aliphatic heterocycles. The van der Waals surface area contributed by atoms with Crippen molar-refractivity contribution in [1.82, 2.24) is 4.90 Å². The lowest BCUT2D eigenvalue weighted by atomic mass is 9.56. The van der Waals surface area contributed by atoms with Crippen molar-refractivity contribution in [1.29, 1.82) is 0 Å². The summed E-state index contributed by atoms with van der Waals surface area (Å²) in [6.45, 7) is 1.59. The number of rotatable bonds is 4. The van der Waals surface area contributed by atoms with Gasteiger partial charge < -0.3 is 36.8 Å². The first-order valence-electron chi connectivity index (χ1n) is 13.8. The number of anilines is 2. The van der Waals surface area contributed by atoms with Crippen LogP contribution in [0.2, 0.25) is 5.02 Å². The van der Waals surface area contributed by atoms with Gasteiger partial charge in [-0.25, -0.2) is 4.79 Å². The molecule has 0 aromatic heterocycles. The average Bonchev–Trinajstić information content (AvgIpc) is 2.94. The van der Waals surface area contributed by atoms with Gasteiger partial charge in [-0.3, -0.25) is 19.3 Å². The number of Topliss-reactive ketones (excluding diaryl/α,β-unsaturated/α-hetero) is 2. The van der Waals surface area contributed by atoms with E-state index in [9.17, 15) is 52.8 Å². The number of halogens is 4. The number of nitrogens with zero attached hydrogens (tertiary/aromatic N) is 1. The summed E-state index contributed by atoms with van der Waals surface area (Å²) in [5, 5.41) is 49.1. The highest BCUT2D eigenvalue weighted by atomic mass is 35.5. The second-order valence-corrected chi connectivity index (χ2v) is 12.0. The van der Waals surface area contributed by atoms with Gasteiger partial charge in [0.2, 0.25) is 0 Å². The number of likely N-dealkylation sites (N-methyl/N-ethyl adjacent to an activating group) is 1. The van der Waals surface area contributed by atoms with Crippen LogP contribution in [0, 0.1) is 17.8 Å². The Morgan fingerprint density at radius 2 is 1.61 bits per heavy atom. The van der Waals surface area contributed by atoms with Crippen LogP contribution in [0.3, 0.4) is 0 Å². The number of aliphatic hydroxyl groups excluding tert-OH is 3. The second-order valence-electron chi connectivity index (χ2n) is 11.6. The predicted molar refractivity (Wildman–Crippen MR) is 158 cm³/mol. The van der Waals surface area contributed by atoms with Crippen LogP contribution in [0.5, 0.6) is 5.75 Å². The van der Waals surface area contributed by atoms with Gasteiger partial charge in [0.05, 0.1) is 40.6 Å². The number of aliphatic hydroxyl groups is 3. The van der Waals surface area contributed by atoms with Crippen molar-refractivity contribution in [3.63, 3.8) is 0 Å². The Hall–Kier alpha value is -4.60. The van der Waals surface area contributed by atoms with Crippen molar-refractivity contribution in [2.75, 3.05) is 24.7 Å². The van der Waals surface area contributed by atoms with Crippen LogP contribution < -0.4 is 16.4 Å². The van der Waals surface area contributed by atoms with Crippen LogP contribution >= 0.6 is 11.6 Å². The van der Waals surface area contributed by atoms with Crippen molar-refractivity contribution in [2.24, 2.45) is 23.5 Å². The molecule has 3 amide bonds. The van der Waals surface area contributed by atoms with Crippen molar-refractivity contribution >= 4 is 52.2 Å². The fraction of sp³-hybridized carbons (Fsp3) is 0.333. The Kier molecular flexibility index (Phi) is 8.07. The van der Waals surface area contributed by atoms with E-state index >= 15 is 0 Å². The molecular formula is C30H28ClF3N4O8. The fourth-order valence-electron chi connectivity index (χ4n) is 6.85. The summed E-state index contributed by atoms with van der Waals surface area (Å²) in [7, 11) is 3.01. The number of amides is 3. The molecule has 0 radical (unpaired) electrons. The van der Waals surface area contributed by atoms with Crippen LogP contribution in [0.15, 0.2) is 47.2 Å². The Balaban J connectivity index is 1.55. The highest BCUT2D eigenvalue weighted by molar-refractivity contribution is 6.31. The summed E-state index contributed by atoms with van der Waals surface area (Å²) in [5.41, 5.74) is 1.82. The van der Waals surface area contributed by atoms with E-state index in [2.05, 4.69) is 5.32 Å². The molecule has 1 saturated carbocycles. The number of urea groups is 1. The van der Waals surface area contributed by atoms with Crippen molar-refractivity contribution in [3.8, 4) is 5.75 Å². The molecule has 1 fully saturated rings. The van der Waals surface area contributed by atoms with Gasteiger partial charge in [-0.2, -0.15) is 13.2 Å². The molecule has 0 saturated heterocycles. The molecule has 6 atom stereocenters. The van der Waals surface area contributed by atoms with E-state index in [1.807, 2.05) is 5.32 Å². The lowest BCUT2D eigenvalue weighted by molar-refractivity contribution is -0.144. The minimum atomic E-state index is -4.86. The molecule has 0 bridgehead atoms. The first-order valence-corrected chi connectivity index (χ1v) is 14.2. The molecule has 0 heterocycles. The van der Waals surface area contributed by atoms with Gasteiger partial charge in [-0.1, -0.05) is 24.6 Å². The maximum absolute atomic E-state index is 14.0. The van der Waals surface area contributed by atoms with Crippen LogP contribution in [0.25, 0.3) is 5.76 Å². The largest absolute Gasteiger partial charge is 0.510 e. The van der Waals surface area contributed by atoms with Crippen molar-refractivity contribution in [2.45, 2.75) is 31.2 Å². The number of carbonyl (C=O) groups is 4. The number of hydrogen-bond donors (Lipinski definition) is 7. The van der Waals surface area contributed by atoms with Crippen LogP contribution in [-0.2, 0) is 20.6 Å². The third kappa shape index (κ3) is 5.04. The maximum atomic E-state index is 14.0. The summed E-state index contributed by atoms with van der Waals surface area (Å²) in [5.74, 6) is -10.5. The number of alkyl halides is 3. The van der Waals surface area contributed by atoms with Crippen molar-refractivity contribution < 1.29 is 52.8 Å². The second kappa shape index (κ2) is 11.3. The van der Waals surface area contributed by atoms with Crippen LogP contribution in [-0.4, -0.2) is 75.1 Å². The van der Waals surface area contributed by atoms with Gasteiger partial charge in [-0.15, -0.1) is 0 Å². The normalized spacial score (nSPS) is 26.0. The number of ketones is 2. The molecule has 5 rings (SSSR count). The highest BCUT2D eigenvalue weighted by Crippen LogP contribution is 2.55. The number of phenolic OH excluding ortho intramolecular Hbond substituents is 1. The molecule has 46 heavy (non-hydrogen) atoms. The summed E-state index contributed by atoms with van der Waals surface area (Å²) in [4.78, 5) is 53.7. The van der Waals surface area contributed by atoms with Gasteiger partial charge in [0.25, 0.3) is 5.91 Å². The van der Waals surface area contributed by atoms with Gasteiger partial charge in [0.15, 0.2) is 11.6 Å². The molecule has 3 aliphatic carbocycles. The average molecular weight is 665 g/mol. The minimum Gasteiger partial charge on any atom is -0.510 e. The van der Waals surface area contributed by atoms with Gasteiger partial charge >= 0.3 is 12.2 Å². The number of fused-ring (bicyclic) bond motifs is 3. The zero-order chi connectivity index (χ0) is 34.2. The fourth-order valence-corrected chi connectivity index (χ4v) is 7.02. The summed E-state index contributed by atoms with van der Waals surface area (Å²) in [6, 6.07) is 2.93. The van der Waals surface area contributed by atoms with E-state index in [-0.39, 0.29) is 21.8 Å². The molecule has 0 spiro atoms. The molecular weight excluding hydrogens is 637 g/mol. The number of hydrogen-bond acceptors (Lipinski definition) is 9. The van der Waals surface area contributed by atoms with Gasteiger partial charge in [0, 0.05) is 22.4 Å². The summed E-state index contributed by atoms with van der Waals surface area (Å²) < 4.78 is 40.5. The smallest absolute Gasteiger partial charge is 0.418 e. The zero-order valence-electron chi connectivity index (χ0n) is 24.3. The van der Waals surface area contributed by atoms with E-state index in [4.69, 9.17) is 17.3 Å². The minimum absolute atomic E-state index is 0.221. The molecule has 16 heteroatoms. The van der Waals surface area contributed by atoms with E-state index < -0.39 is 105 Å². The summed E-state index contributed by atoms with van der Waals surface area (Å²) >= 11 is 5.68. The number of carbonyl (C=O) groups excluding carboxylic acids is 4. The molecule has 3 aliphatic rings. The Morgan fingerprint density at radius 1 is 1.00 bits per heavy atom. The SMILES string of the molecule is C[C@H]1c2ccc(NC(=O)Nc3ccc(Cl)cc3C(F)(F)F)c(O)c2C(O)=C2C(=O)C3C(=O)C(C(N)=O)=C(O)[C@@H](N(C)C)C3[C@@H](O)C21. The molecule has 244 valence electrons. The lowest BCUT2D eigenvalue weighted by Crippen LogP contribution is -2.61. The molecule has 3 unspecified atom stereocenters. The van der Waals surface area contributed by atoms with E-state index in [1.54, 1.807) is 6.92 Å². The lowest BCUT2D eigenvalue weighted by Gasteiger charge is -2.50. The third-order valence-corrected chi connectivity index (χ3v) is 9.01. The van der Waals surface area contributed by atoms with Crippen molar-refractivity contribution in [3.05, 3.63) is 69.0 Å².